The van der Waals surface area contributed by atoms with Gasteiger partial charge in [0.2, 0.25) is 0 Å². The Hall–Kier alpha value is -1.55. The van der Waals surface area contributed by atoms with Gasteiger partial charge in [-0.25, -0.2) is 0 Å². The molecule has 1 saturated heterocycles. The molecule has 1 aromatic heterocycles. The number of nitrogens with zero attached hydrogens (tertiary/aromatic N) is 1. The molecule has 0 atom stereocenters. The van der Waals surface area contributed by atoms with Crippen LogP contribution in [0.5, 0.6) is 0 Å². The van der Waals surface area contributed by atoms with Crippen molar-refractivity contribution in [3.05, 3.63) is 29.2 Å². The standard InChI is InChI=1S/C11H10ClNO3/c1-7-2-3-9(16-7)6-8-4-5-13(10(8)14)11(12)15/h2-3,6H,4-5H2,1H3/b8-6-. The first-order valence-electron chi connectivity index (χ1n) is 4.86. The van der Waals surface area contributed by atoms with Crippen LogP contribution in [0.15, 0.2) is 22.1 Å². The fraction of sp³-hybridized carbons (Fsp3) is 0.273. The van der Waals surface area contributed by atoms with Crippen LogP contribution in [0.25, 0.3) is 6.08 Å². The van der Waals surface area contributed by atoms with Crippen molar-refractivity contribution in [1.29, 1.82) is 0 Å². The molecule has 0 spiro atoms. The molecule has 2 heterocycles. The Balaban J connectivity index is 2.21. The Bertz CT molecular complexity index is 475. The van der Waals surface area contributed by atoms with Gasteiger partial charge in [-0.1, -0.05) is 0 Å². The Morgan fingerprint density at radius 1 is 1.56 bits per heavy atom. The van der Waals surface area contributed by atoms with Crippen LogP contribution in [-0.4, -0.2) is 22.7 Å². The van der Waals surface area contributed by atoms with E-state index in [2.05, 4.69) is 0 Å². The number of likely N-dealkylation sites (tertiary alicyclic amines) is 1. The maximum atomic E-state index is 11.7. The molecule has 1 fully saturated rings. The molecule has 1 aliphatic heterocycles. The first-order chi connectivity index (χ1) is 7.58. The zero-order valence-electron chi connectivity index (χ0n) is 8.70. The van der Waals surface area contributed by atoms with E-state index in [1.807, 2.05) is 13.0 Å². The molecule has 84 valence electrons. The van der Waals surface area contributed by atoms with Gasteiger partial charge >= 0.3 is 5.37 Å². The van der Waals surface area contributed by atoms with Crippen LogP contribution in [0, 0.1) is 6.92 Å². The third-order valence-electron chi connectivity index (χ3n) is 2.41. The number of rotatable bonds is 1. The monoisotopic (exact) mass is 239 g/mol. The van der Waals surface area contributed by atoms with Gasteiger partial charge in [0.15, 0.2) is 0 Å². The first kappa shape index (κ1) is 11.0. The number of carbonyl (C=O) groups is 2. The molecule has 0 bridgehead atoms. The predicted octanol–water partition coefficient (Wildman–Crippen LogP) is 2.56. The quantitative estimate of drug-likeness (QED) is 0.430. The van der Waals surface area contributed by atoms with Gasteiger partial charge in [0.1, 0.15) is 11.5 Å². The van der Waals surface area contributed by atoms with Crippen LogP contribution in [0.1, 0.15) is 17.9 Å². The smallest absolute Gasteiger partial charge is 0.323 e. The molecule has 1 aromatic rings. The maximum absolute atomic E-state index is 11.7. The van der Waals surface area contributed by atoms with Gasteiger partial charge in [0.25, 0.3) is 5.91 Å². The van der Waals surface area contributed by atoms with Gasteiger partial charge in [-0.15, -0.1) is 0 Å². The van der Waals surface area contributed by atoms with Crippen molar-refractivity contribution in [2.75, 3.05) is 6.54 Å². The first-order valence-corrected chi connectivity index (χ1v) is 5.24. The zero-order valence-corrected chi connectivity index (χ0v) is 9.45. The summed E-state index contributed by atoms with van der Waals surface area (Å²) in [5.41, 5.74) is 0.545. The summed E-state index contributed by atoms with van der Waals surface area (Å²) >= 11 is 5.27. The molecule has 1 aliphatic rings. The minimum absolute atomic E-state index is 0.339. The van der Waals surface area contributed by atoms with E-state index >= 15 is 0 Å². The third kappa shape index (κ3) is 2.02. The highest BCUT2D eigenvalue weighted by molar-refractivity contribution is 6.64. The normalized spacial score (nSPS) is 18.5. The Morgan fingerprint density at radius 2 is 2.31 bits per heavy atom. The molecular formula is C11H10ClNO3. The topological polar surface area (TPSA) is 50.5 Å². The number of aryl methyl sites for hydroxylation is 1. The van der Waals surface area contributed by atoms with E-state index in [0.717, 1.165) is 10.7 Å². The van der Waals surface area contributed by atoms with E-state index in [0.29, 0.717) is 24.3 Å². The van der Waals surface area contributed by atoms with E-state index in [-0.39, 0.29) is 5.91 Å². The third-order valence-corrected chi connectivity index (χ3v) is 2.62. The lowest BCUT2D eigenvalue weighted by atomic mass is 10.2. The molecule has 2 amide bonds. The molecule has 0 aliphatic carbocycles. The van der Waals surface area contributed by atoms with Gasteiger partial charge < -0.3 is 4.42 Å². The molecule has 5 heteroatoms. The van der Waals surface area contributed by atoms with E-state index in [9.17, 15) is 9.59 Å². The van der Waals surface area contributed by atoms with E-state index in [1.165, 1.54) is 0 Å². The fourth-order valence-electron chi connectivity index (χ4n) is 1.62. The second-order valence-electron chi connectivity index (χ2n) is 3.58. The Morgan fingerprint density at radius 3 is 2.81 bits per heavy atom. The maximum Gasteiger partial charge on any atom is 0.323 e. The Labute approximate surface area is 97.5 Å². The molecule has 4 nitrogen and oxygen atoms in total. The van der Waals surface area contributed by atoms with Crippen LogP contribution in [0.2, 0.25) is 0 Å². The summed E-state index contributed by atoms with van der Waals surface area (Å²) in [6.07, 6.45) is 2.16. The average molecular weight is 240 g/mol. The summed E-state index contributed by atoms with van der Waals surface area (Å²) in [6.45, 7) is 2.17. The predicted molar refractivity (Wildman–Crippen MR) is 59.0 cm³/mol. The molecule has 0 unspecified atom stereocenters. The second-order valence-corrected chi connectivity index (χ2v) is 3.90. The molecule has 2 rings (SSSR count). The second kappa shape index (κ2) is 4.14. The van der Waals surface area contributed by atoms with Crippen LogP contribution in [0.3, 0.4) is 0 Å². The minimum Gasteiger partial charge on any atom is -0.462 e. The largest absolute Gasteiger partial charge is 0.462 e. The Kier molecular flexibility index (Phi) is 2.83. The minimum atomic E-state index is -0.732. The fourth-order valence-corrected chi connectivity index (χ4v) is 1.78. The summed E-state index contributed by atoms with van der Waals surface area (Å²) in [4.78, 5) is 23.6. The van der Waals surface area contributed by atoms with Crippen molar-refractivity contribution in [1.82, 2.24) is 4.90 Å². The summed E-state index contributed by atoms with van der Waals surface area (Å²) in [7, 11) is 0. The van der Waals surface area contributed by atoms with Crippen molar-refractivity contribution >= 4 is 29.0 Å². The molecule has 0 aromatic carbocycles. The van der Waals surface area contributed by atoms with Crippen LogP contribution in [-0.2, 0) is 4.79 Å². The van der Waals surface area contributed by atoms with Crippen molar-refractivity contribution in [3.63, 3.8) is 0 Å². The van der Waals surface area contributed by atoms with Gasteiger partial charge in [-0.05, 0) is 43.2 Å². The van der Waals surface area contributed by atoms with Crippen molar-refractivity contribution in [2.24, 2.45) is 0 Å². The lowest BCUT2D eigenvalue weighted by molar-refractivity contribution is -0.121. The SMILES string of the molecule is Cc1ccc(/C=C2/CCN(C(=O)Cl)C2=O)o1. The van der Waals surface area contributed by atoms with Crippen molar-refractivity contribution < 1.29 is 14.0 Å². The summed E-state index contributed by atoms with van der Waals surface area (Å²) in [5.74, 6) is 1.06. The lowest BCUT2D eigenvalue weighted by Crippen LogP contribution is -2.27. The molecule has 16 heavy (non-hydrogen) atoms. The number of carbonyl (C=O) groups excluding carboxylic acids is 2. The summed E-state index contributed by atoms with van der Waals surface area (Å²) < 4.78 is 5.32. The van der Waals surface area contributed by atoms with Crippen molar-refractivity contribution in [2.45, 2.75) is 13.3 Å². The highest BCUT2D eigenvalue weighted by Gasteiger charge is 2.29. The number of imide groups is 1. The van der Waals surface area contributed by atoms with E-state index in [4.69, 9.17) is 16.0 Å². The van der Waals surface area contributed by atoms with Gasteiger partial charge in [-0.3, -0.25) is 14.5 Å². The molecular weight excluding hydrogens is 230 g/mol. The van der Waals surface area contributed by atoms with Crippen LogP contribution < -0.4 is 0 Å². The number of furan rings is 1. The van der Waals surface area contributed by atoms with Crippen molar-refractivity contribution in [3.8, 4) is 0 Å². The summed E-state index contributed by atoms with van der Waals surface area (Å²) in [5, 5.41) is -0.732. The number of hydrogen-bond donors (Lipinski definition) is 0. The molecule has 0 radical (unpaired) electrons. The van der Waals surface area contributed by atoms with Crippen LogP contribution >= 0.6 is 11.6 Å². The van der Waals surface area contributed by atoms with Gasteiger partial charge in [-0.2, -0.15) is 0 Å². The van der Waals surface area contributed by atoms with Crippen LogP contribution in [0.4, 0.5) is 4.79 Å². The number of amides is 2. The van der Waals surface area contributed by atoms with E-state index in [1.54, 1.807) is 12.1 Å². The average Bonchev–Trinajstić information content (AvgIpc) is 2.76. The summed E-state index contributed by atoms with van der Waals surface area (Å²) in [6, 6.07) is 3.59. The molecule has 0 saturated carbocycles. The lowest BCUT2D eigenvalue weighted by Gasteiger charge is -2.06. The van der Waals surface area contributed by atoms with E-state index < -0.39 is 5.37 Å². The highest BCUT2D eigenvalue weighted by Crippen LogP contribution is 2.22. The highest BCUT2D eigenvalue weighted by atomic mass is 35.5. The van der Waals surface area contributed by atoms with Gasteiger partial charge in [0.05, 0.1) is 0 Å². The van der Waals surface area contributed by atoms with Gasteiger partial charge in [0, 0.05) is 12.1 Å². The number of hydrogen-bond acceptors (Lipinski definition) is 3. The molecule has 0 N–H and O–H groups in total. The zero-order chi connectivity index (χ0) is 11.7. The number of halogens is 1.